The van der Waals surface area contributed by atoms with Crippen LogP contribution >= 0.6 is 0 Å². The molecule has 2 N–H and O–H groups in total. The lowest BCUT2D eigenvalue weighted by Crippen LogP contribution is -2.48. The third-order valence-corrected chi connectivity index (χ3v) is 6.76. The van der Waals surface area contributed by atoms with Gasteiger partial charge >= 0.3 is 0 Å². The van der Waals surface area contributed by atoms with Crippen molar-refractivity contribution in [2.24, 2.45) is 5.92 Å². The molecule has 0 spiro atoms. The summed E-state index contributed by atoms with van der Waals surface area (Å²) in [6.45, 7) is 6.60. The number of aromatic nitrogens is 2. The van der Waals surface area contributed by atoms with Gasteiger partial charge in [0.25, 0.3) is 5.91 Å². The molecule has 0 aliphatic carbocycles. The number of benzene rings is 1. The maximum atomic E-state index is 14.7. The molecule has 0 bridgehead atoms. The van der Waals surface area contributed by atoms with Crippen LogP contribution in [0.4, 0.5) is 8.78 Å². The SMILES string of the molecule is CC(C)(F)CN1CCC(COc2cnc(-c3ccc(C(=O)NC(=O)[C@H]4CCCCN4)c(F)c3)nc2)CC1. The summed E-state index contributed by atoms with van der Waals surface area (Å²) in [5.41, 5.74) is -0.998. The predicted molar refractivity (Wildman–Crippen MR) is 135 cm³/mol. The molecule has 8 nitrogen and oxygen atoms in total. The number of rotatable bonds is 8. The van der Waals surface area contributed by atoms with Gasteiger partial charge in [0.05, 0.1) is 30.6 Å². The Morgan fingerprint density at radius 3 is 2.51 bits per heavy atom. The van der Waals surface area contributed by atoms with E-state index in [1.165, 1.54) is 24.5 Å². The number of hydrogen-bond donors (Lipinski definition) is 2. The molecular weight excluding hydrogens is 480 g/mol. The van der Waals surface area contributed by atoms with Gasteiger partial charge in [-0.25, -0.2) is 18.7 Å². The summed E-state index contributed by atoms with van der Waals surface area (Å²) < 4.78 is 34.4. The first kappa shape index (κ1) is 27.1. The Kier molecular flexibility index (Phi) is 8.81. The third-order valence-electron chi connectivity index (χ3n) is 6.76. The second kappa shape index (κ2) is 12.0. The summed E-state index contributed by atoms with van der Waals surface area (Å²) in [7, 11) is 0. The third kappa shape index (κ3) is 7.75. The smallest absolute Gasteiger partial charge is 0.260 e. The number of amides is 2. The van der Waals surface area contributed by atoms with Crippen molar-refractivity contribution in [3.05, 3.63) is 42.0 Å². The lowest BCUT2D eigenvalue weighted by molar-refractivity contribution is -0.122. The highest BCUT2D eigenvalue weighted by molar-refractivity contribution is 6.06. The van der Waals surface area contributed by atoms with Gasteiger partial charge in [0, 0.05) is 12.1 Å². The van der Waals surface area contributed by atoms with Gasteiger partial charge < -0.3 is 15.0 Å². The van der Waals surface area contributed by atoms with Crippen LogP contribution in [0.3, 0.4) is 0 Å². The maximum Gasteiger partial charge on any atom is 0.260 e. The van der Waals surface area contributed by atoms with E-state index >= 15 is 0 Å². The van der Waals surface area contributed by atoms with E-state index in [-0.39, 0.29) is 5.56 Å². The molecule has 4 rings (SSSR count). The van der Waals surface area contributed by atoms with Gasteiger partial charge in [-0.05, 0) is 77.2 Å². The second-order valence-corrected chi connectivity index (χ2v) is 10.5. The van der Waals surface area contributed by atoms with E-state index in [9.17, 15) is 18.4 Å². The van der Waals surface area contributed by atoms with Crippen molar-refractivity contribution >= 4 is 11.8 Å². The molecule has 2 fully saturated rings. The van der Waals surface area contributed by atoms with Crippen molar-refractivity contribution in [1.82, 2.24) is 25.5 Å². The van der Waals surface area contributed by atoms with Gasteiger partial charge in [-0.15, -0.1) is 0 Å². The van der Waals surface area contributed by atoms with Crippen molar-refractivity contribution in [3.63, 3.8) is 0 Å². The average Bonchev–Trinajstić information content (AvgIpc) is 2.88. The number of alkyl halides is 1. The lowest BCUT2D eigenvalue weighted by atomic mass is 9.97. The van der Waals surface area contributed by atoms with E-state index in [0.29, 0.717) is 42.6 Å². The fourth-order valence-electron chi connectivity index (χ4n) is 4.78. The number of carbonyl (C=O) groups is 2. The molecular formula is C27H35F2N5O3. The van der Waals surface area contributed by atoms with E-state index in [0.717, 1.165) is 45.3 Å². The molecule has 0 radical (unpaired) electrons. The van der Waals surface area contributed by atoms with Crippen LogP contribution in [0.15, 0.2) is 30.6 Å². The highest BCUT2D eigenvalue weighted by Crippen LogP contribution is 2.23. The first-order valence-electron chi connectivity index (χ1n) is 12.9. The molecule has 2 amide bonds. The molecule has 37 heavy (non-hydrogen) atoms. The Bertz CT molecular complexity index is 1080. The van der Waals surface area contributed by atoms with Crippen LogP contribution < -0.4 is 15.4 Å². The molecule has 2 saturated heterocycles. The molecule has 0 unspecified atom stereocenters. The molecule has 2 aromatic rings. The Balaban J connectivity index is 1.28. The van der Waals surface area contributed by atoms with Crippen molar-refractivity contribution in [3.8, 4) is 17.1 Å². The van der Waals surface area contributed by atoms with Crippen LogP contribution in [0.25, 0.3) is 11.4 Å². The van der Waals surface area contributed by atoms with Crippen LogP contribution in [0.5, 0.6) is 5.75 Å². The quantitative estimate of drug-likeness (QED) is 0.520. The number of piperidine rings is 2. The zero-order valence-electron chi connectivity index (χ0n) is 21.4. The van der Waals surface area contributed by atoms with E-state index in [1.807, 2.05) is 0 Å². The molecule has 3 heterocycles. The van der Waals surface area contributed by atoms with Crippen LogP contribution in [0.2, 0.25) is 0 Å². The standard InChI is InChI=1S/C27H35F2N5O3/c1-27(2,29)17-34-11-8-18(9-12-34)16-37-20-14-31-24(32-15-20)19-6-7-21(22(28)13-19)25(35)33-26(36)23-5-3-4-10-30-23/h6-7,13-15,18,23,30H,3-5,8-12,16-17H2,1-2H3,(H,33,35,36)/t23-/m1/s1. The summed E-state index contributed by atoms with van der Waals surface area (Å²) in [5.74, 6) is -0.782. The highest BCUT2D eigenvalue weighted by Gasteiger charge is 2.26. The number of nitrogens with zero attached hydrogens (tertiary/aromatic N) is 3. The minimum Gasteiger partial charge on any atom is -0.490 e. The fraction of sp³-hybridized carbons (Fsp3) is 0.556. The summed E-state index contributed by atoms with van der Waals surface area (Å²) >= 11 is 0. The summed E-state index contributed by atoms with van der Waals surface area (Å²) in [4.78, 5) is 35.4. The Morgan fingerprint density at radius 1 is 1.16 bits per heavy atom. The molecule has 0 saturated carbocycles. The first-order chi connectivity index (χ1) is 17.7. The van der Waals surface area contributed by atoms with E-state index in [2.05, 4.69) is 25.5 Å². The normalized spacial score (nSPS) is 19.4. The molecule has 1 atom stereocenters. The highest BCUT2D eigenvalue weighted by atomic mass is 19.1. The minimum atomic E-state index is -1.19. The number of imide groups is 1. The van der Waals surface area contributed by atoms with Crippen LogP contribution in [-0.2, 0) is 4.79 Å². The van der Waals surface area contributed by atoms with Crippen molar-refractivity contribution < 1.29 is 23.1 Å². The molecule has 1 aromatic carbocycles. The fourth-order valence-corrected chi connectivity index (χ4v) is 4.78. The maximum absolute atomic E-state index is 14.7. The van der Waals surface area contributed by atoms with Gasteiger partial charge in [0.15, 0.2) is 11.6 Å². The summed E-state index contributed by atoms with van der Waals surface area (Å²) in [5, 5.41) is 5.34. The predicted octanol–water partition coefficient (Wildman–Crippen LogP) is 3.52. The lowest BCUT2D eigenvalue weighted by Gasteiger charge is -2.34. The molecule has 2 aliphatic heterocycles. The summed E-state index contributed by atoms with van der Waals surface area (Å²) in [6.07, 6.45) is 7.51. The zero-order valence-corrected chi connectivity index (χ0v) is 21.4. The first-order valence-corrected chi connectivity index (χ1v) is 12.9. The van der Waals surface area contributed by atoms with Gasteiger partial charge in [-0.2, -0.15) is 0 Å². The zero-order chi connectivity index (χ0) is 26.4. The van der Waals surface area contributed by atoms with E-state index in [1.54, 1.807) is 19.9 Å². The van der Waals surface area contributed by atoms with E-state index < -0.39 is 29.3 Å². The van der Waals surface area contributed by atoms with Crippen LogP contribution in [-0.4, -0.2) is 71.2 Å². The van der Waals surface area contributed by atoms with Gasteiger partial charge in [0.2, 0.25) is 5.91 Å². The average molecular weight is 516 g/mol. The number of ether oxygens (including phenoxy) is 1. The van der Waals surface area contributed by atoms with Crippen LogP contribution in [0, 0.1) is 11.7 Å². The number of hydrogen-bond acceptors (Lipinski definition) is 7. The number of halogens is 2. The van der Waals surface area contributed by atoms with Gasteiger partial charge in [-0.3, -0.25) is 14.9 Å². The minimum absolute atomic E-state index is 0.214. The van der Waals surface area contributed by atoms with Crippen molar-refractivity contribution in [2.45, 2.75) is 57.7 Å². The molecule has 10 heteroatoms. The van der Waals surface area contributed by atoms with Crippen molar-refractivity contribution in [2.75, 3.05) is 32.8 Å². The van der Waals surface area contributed by atoms with Gasteiger partial charge in [-0.1, -0.05) is 12.5 Å². The second-order valence-electron chi connectivity index (χ2n) is 10.5. The Morgan fingerprint density at radius 2 is 1.89 bits per heavy atom. The number of nitrogens with one attached hydrogen (secondary N) is 2. The topological polar surface area (TPSA) is 96.5 Å². The monoisotopic (exact) mass is 515 g/mol. The molecule has 2 aliphatic rings. The largest absolute Gasteiger partial charge is 0.490 e. The van der Waals surface area contributed by atoms with Crippen LogP contribution in [0.1, 0.15) is 56.3 Å². The molecule has 1 aromatic heterocycles. The Hall–Kier alpha value is -2.98. The van der Waals surface area contributed by atoms with Gasteiger partial charge in [0.1, 0.15) is 11.5 Å². The number of carbonyl (C=O) groups excluding carboxylic acids is 2. The Labute approximate surface area is 216 Å². The van der Waals surface area contributed by atoms with E-state index in [4.69, 9.17) is 4.74 Å². The summed E-state index contributed by atoms with van der Waals surface area (Å²) in [6, 6.07) is 3.62. The van der Waals surface area contributed by atoms with Crippen molar-refractivity contribution in [1.29, 1.82) is 0 Å². The number of likely N-dealkylation sites (tertiary alicyclic amines) is 1. The molecule has 200 valence electrons.